The molecular formula is C19H37N5O4. The standard InChI is InChI=1S/C19H37N5O4/c1-17(2)21-8-10-26-11-12-27-13-14-28-16-18-15-24(23-22-18)9-6-4-5-7-19(25)20-3/h15,17,21H,4-14,16H2,1-3H3,(H,20,25). The molecule has 0 spiro atoms. The van der Waals surface area contributed by atoms with Crippen molar-refractivity contribution in [1.29, 1.82) is 0 Å². The van der Waals surface area contributed by atoms with Crippen LogP contribution in [0.15, 0.2) is 6.20 Å². The minimum Gasteiger partial charge on any atom is -0.378 e. The largest absolute Gasteiger partial charge is 0.378 e. The Hall–Kier alpha value is -1.55. The molecule has 162 valence electrons. The number of aryl methyl sites for hydroxylation is 1. The zero-order valence-corrected chi connectivity index (χ0v) is 17.6. The predicted molar refractivity (Wildman–Crippen MR) is 107 cm³/mol. The Morgan fingerprint density at radius 1 is 1.07 bits per heavy atom. The van der Waals surface area contributed by atoms with E-state index in [-0.39, 0.29) is 5.91 Å². The minimum atomic E-state index is 0.0932. The van der Waals surface area contributed by atoms with Crippen molar-refractivity contribution in [3.63, 3.8) is 0 Å². The van der Waals surface area contributed by atoms with Gasteiger partial charge in [-0.2, -0.15) is 0 Å². The summed E-state index contributed by atoms with van der Waals surface area (Å²) in [5.74, 6) is 0.0932. The fourth-order valence-corrected chi connectivity index (χ4v) is 2.41. The SMILES string of the molecule is CNC(=O)CCCCCn1cc(COCCOCCOCCNC(C)C)nn1. The molecule has 0 aliphatic heterocycles. The maximum Gasteiger partial charge on any atom is 0.219 e. The van der Waals surface area contributed by atoms with Gasteiger partial charge in [0.15, 0.2) is 0 Å². The number of rotatable bonds is 18. The molecule has 0 aromatic carbocycles. The minimum absolute atomic E-state index is 0.0932. The van der Waals surface area contributed by atoms with Gasteiger partial charge in [-0.3, -0.25) is 9.48 Å². The molecule has 0 saturated carbocycles. The normalized spacial score (nSPS) is 11.3. The fourth-order valence-electron chi connectivity index (χ4n) is 2.41. The van der Waals surface area contributed by atoms with Gasteiger partial charge < -0.3 is 24.8 Å². The van der Waals surface area contributed by atoms with E-state index in [1.54, 1.807) is 7.05 Å². The molecule has 1 heterocycles. The van der Waals surface area contributed by atoms with Crippen LogP contribution in [0.1, 0.15) is 45.2 Å². The molecule has 9 nitrogen and oxygen atoms in total. The van der Waals surface area contributed by atoms with Gasteiger partial charge in [-0.05, 0) is 12.8 Å². The molecule has 1 rings (SSSR count). The Labute approximate surface area is 168 Å². The Kier molecular flexibility index (Phi) is 14.4. The zero-order valence-electron chi connectivity index (χ0n) is 17.6. The van der Waals surface area contributed by atoms with Crippen LogP contribution in [0.25, 0.3) is 0 Å². The van der Waals surface area contributed by atoms with E-state index in [0.29, 0.717) is 52.1 Å². The van der Waals surface area contributed by atoms with E-state index in [1.807, 2.05) is 10.9 Å². The van der Waals surface area contributed by atoms with Gasteiger partial charge in [-0.25, -0.2) is 0 Å². The molecule has 0 atom stereocenters. The quantitative estimate of drug-likeness (QED) is 0.357. The van der Waals surface area contributed by atoms with Gasteiger partial charge in [0.2, 0.25) is 5.91 Å². The number of unbranched alkanes of at least 4 members (excludes halogenated alkanes) is 2. The Bertz CT molecular complexity index is 510. The van der Waals surface area contributed by atoms with E-state index in [2.05, 4.69) is 34.8 Å². The summed E-state index contributed by atoms with van der Waals surface area (Å²) in [6.07, 6.45) is 5.35. The number of hydrogen-bond donors (Lipinski definition) is 2. The molecule has 28 heavy (non-hydrogen) atoms. The highest BCUT2D eigenvalue weighted by Crippen LogP contribution is 2.03. The molecule has 1 aromatic heterocycles. The monoisotopic (exact) mass is 399 g/mol. The van der Waals surface area contributed by atoms with Crippen LogP contribution >= 0.6 is 0 Å². The topological polar surface area (TPSA) is 99.5 Å². The summed E-state index contributed by atoms with van der Waals surface area (Å²) < 4.78 is 18.3. The highest BCUT2D eigenvalue weighted by atomic mass is 16.5. The van der Waals surface area contributed by atoms with Gasteiger partial charge in [0.25, 0.3) is 0 Å². The lowest BCUT2D eigenvalue weighted by molar-refractivity contribution is -0.120. The molecule has 0 fully saturated rings. The second kappa shape index (κ2) is 16.4. The average Bonchev–Trinajstić information content (AvgIpc) is 3.13. The molecular weight excluding hydrogens is 362 g/mol. The highest BCUT2D eigenvalue weighted by molar-refractivity contribution is 5.75. The number of nitrogens with zero attached hydrogens (tertiary/aromatic N) is 3. The first kappa shape index (κ1) is 24.5. The molecule has 0 bridgehead atoms. The van der Waals surface area contributed by atoms with Crippen molar-refractivity contribution in [3.05, 3.63) is 11.9 Å². The summed E-state index contributed by atoms with van der Waals surface area (Å²) in [7, 11) is 1.66. The van der Waals surface area contributed by atoms with E-state index in [1.165, 1.54) is 0 Å². The number of ether oxygens (including phenoxy) is 3. The van der Waals surface area contributed by atoms with Crippen LogP contribution in [0.4, 0.5) is 0 Å². The Morgan fingerprint density at radius 3 is 2.50 bits per heavy atom. The van der Waals surface area contributed by atoms with Crippen LogP contribution in [-0.2, 0) is 32.2 Å². The van der Waals surface area contributed by atoms with Crippen molar-refractivity contribution in [3.8, 4) is 0 Å². The smallest absolute Gasteiger partial charge is 0.219 e. The summed E-state index contributed by atoms with van der Waals surface area (Å²) in [5, 5.41) is 14.1. The maximum absolute atomic E-state index is 11.1. The van der Waals surface area contributed by atoms with Crippen molar-refractivity contribution in [2.75, 3.05) is 46.6 Å². The number of nitrogens with one attached hydrogen (secondary N) is 2. The zero-order chi connectivity index (χ0) is 20.5. The number of aromatic nitrogens is 3. The Morgan fingerprint density at radius 2 is 1.79 bits per heavy atom. The lowest BCUT2D eigenvalue weighted by Gasteiger charge is -2.09. The predicted octanol–water partition coefficient (Wildman–Crippen LogP) is 1.13. The van der Waals surface area contributed by atoms with Crippen molar-refractivity contribution in [2.24, 2.45) is 0 Å². The van der Waals surface area contributed by atoms with E-state index in [0.717, 1.165) is 38.0 Å². The molecule has 9 heteroatoms. The molecule has 2 N–H and O–H groups in total. The second-order valence-electron chi connectivity index (χ2n) is 6.84. The summed E-state index contributed by atoms with van der Waals surface area (Å²) in [5.41, 5.74) is 0.811. The van der Waals surface area contributed by atoms with Crippen molar-refractivity contribution >= 4 is 5.91 Å². The van der Waals surface area contributed by atoms with Crippen molar-refractivity contribution in [1.82, 2.24) is 25.6 Å². The van der Waals surface area contributed by atoms with Crippen LogP contribution in [-0.4, -0.2) is 73.6 Å². The first-order valence-corrected chi connectivity index (χ1v) is 10.2. The highest BCUT2D eigenvalue weighted by Gasteiger charge is 2.02. The van der Waals surface area contributed by atoms with Crippen molar-refractivity contribution < 1.29 is 19.0 Å². The maximum atomic E-state index is 11.1. The number of carbonyl (C=O) groups is 1. The van der Waals surface area contributed by atoms with Gasteiger partial charge in [-0.1, -0.05) is 25.5 Å². The second-order valence-corrected chi connectivity index (χ2v) is 6.84. The Balaban J connectivity index is 1.92. The van der Waals surface area contributed by atoms with Crippen LogP contribution in [0.3, 0.4) is 0 Å². The third-order valence-corrected chi connectivity index (χ3v) is 3.95. The third-order valence-electron chi connectivity index (χ3n) is 3.95. The molecule has 0 saturated heterocycles. The fraction of sp³-hybridized carbons (Fsp3) is 0.842. The summed E-state index contributed by atoms with van der Waals surface area (Å²) in [6, 6.07) is 0.485. The lowest BCUT2D eigenvalue weighted by Crippen LogP contribution is -2.27. The molecule has 1 amide bonds. The lowest BCUT2D eigenvalue weighted by atomic mass is 10.2. The molecule has 1 aromatic rings. The van der Waals surface area contributed by atoms with Crippen LogP contribution in [0, 0.1) is 0 Å². The van der Waals surface area contributed by atoms with E-state index in [4.69, 9.17) is 14.2 Å². The summed E-state index contributed by atoms with van der Waals surface area (Å²) >= 11 is 0. The summed E-state index contributed by atoms with van der Waals surface area (Å²) in [6.45, 7) is 9.22. The van der Waals surface area contributed by atoms with Gasteiger partial charge in [0.05, 0.1) is 45.8 Å². The van der Waals surface area contributed by atoms with Crippen molar-refractivity contribution in [2.45, 2.75) is 58.7 Å². The molecule has 0 aliphatic carbocycles. The van der Waals surface area contributed by atoms with Gasteiger partial charge in [0, 0.05) is 32.6 Å². The number of carbonyl (C=O) groups excluding carboxylic acids is 1. The number of amides is 1. The van der Waals surface area contributed by atoms with E-state index in [9.17, 15) is 4.79 Å². The average molecular weight is 400 g/mol. The van der Waals surface area contributed by atoms with E-state index < -0.39 is 0 Å². The van der Waals surface area contributed by atoms with Gasteiger partial charge in [0.1, 0.15) is 5.69 Å². The van der Waals surface area contributed by atoms with Gasteiger partial charge >= 0.3 is 0 Å². The van der Waals surface area contributed by atoms with Crippen LogP contribution < -0.4 is 10.6 Å². The first-order chi connectivity index (χ1) is 13.6. The molecule has 0 aliphatic rings. The first-order valence-electron chi connectivity index (χ1n) is 10.2. The molecule has 0 radical (unpaired) electrons. The van der Waals surface area contributed by atoms with Crippen LogP contribution in [0.5, 0.6) is 0 Å². The number of hydrogen-bond acceptors (Lipinski definition) is 7. The summed E-state index contributed by atoms with van der Waals surface area (Å²) in [4.78, 5) is 11.1. The van der Waals surface area contributed by atoms with Crippen LogP contribution in [0.2, 0.25) is 0 Å². The van der Waals surface area contributed by atoms with Gasteiger partial charge in [-0.15, -0.1) is 5.10 Å². The third kappa shape index (κ3) is 13.6. The molecule has 0 unspecified atom stereocenters. The van der Waals surface area contributed by atoms with E-state index >= 15 is 0 Å².